The zero-order chi connectivity index (χ0) is 51.6. The molecule has 72 heavy (non-hydrogen) atoms. The van der Waals surface area contributed by atoms with Gasteiger partial charge in [-0.15, -0.1) is 0 Å². The number of nitrogens with zero attached hydrogens (tertiary/aromatic N) is 1. The molecule has 10 nitrogen and oxygen atoms in total. The summed E-state index contributed by atoms with van der Waals surface area (Å²) in [6, 6.07) is -1.02. The molecule has 1 amide bonds. The fourth-order valence-corrected chi connectivity index (χ4v) is 14.4. The molecule has 0 aromatic heterocycles. The van der Waals surface area contributed by atoms with E-state index in [1.807, 2.05) is 0 Å². The fourth-order valence-electron chi connectivity index (χ4n) is 14.4. The van der Waals surface area contributed by atoms with E-state index in [0.29, 0.717) is 17.9 Å². The van der Waals surface area contributed by atoms with Gasteiger partial charge in [0.15, 0.2) is 0 Å². The van der Waals surface area contributed by atoms with Crippen LogP contribution >= 0.6 is 0 Å². The van der Waals surface area contributed by atoms with E-state index in [1.165, 1.54) is 160 Å². The van der Waals surface area contributed by atoms with Crippen molar-refractivity contribution in [3.63, 3.8) is 0 Å². The lowest BCUT2D eigenvalue weighted by Gasteiger charge is -2.58. The van der Waals surface area contributed by atoms with Crippen LogP contribution in [0.4, 0.5) is 4.79 Å². The second kappa shape index (κ2) is 32.9. The predicted molar refractivity (Wildman–Crippen MR) is 293 cm³/mol. The first-order chi connectivity index (χ1) is 34.9. The second-order valence-electron chi connectivity index (χ2n) is 24.4. The van der Waals surface area contributed by atoms with Gasteiger partial charge in [-0.2, -0.15) is 0 Å². The summed E-state index contributed by atoms with van der Waals surface area (Å²) in [6.45, 7) is 19.3. The average Bonchev–Trinajstić information content (AvgIpc) is 3.73. The quantitative estimate of drug-likeness (QED) is 0.0287. The number of fused-ring (bicyclic) bond motifs is 5. The van der Waals surface area contributed by atoms with Crippen LogP contribution in [-0.2, 0) is 33.3 Å². The van der Waals surface area contributed by atoms with Crippen LogP contribution in [0, 0.1) is 46.3 Å². The predicted octanol–water partition coefficient (Wildman–Crippen LogP) is 14.9. The van der Waals surface area contributed by atoms with Crippen molar-refractivity contribution < 1.29 is 38.1 Å². The number of likely N-dealkylation sites (tertiary alicyclic amines) is 1. The molecule has 3 saturated carbocycles. The molecular formula is C62H108N2O8. The minimum absolute atomic E-state index is 0.0498. The van der Waals surface area contributed by atoms with E-state index in [4.69, 9.17) is 23.7 Å². The number of carbonyl (C=O) groups excluding carboxylic acids is 3. The Bertz CT molecular complexity index is 1610. The third kappa shape index (κ3) is 19.6. The van der Waals surface area contributed by atoms with Crippen molar-refractivity contribution in [2.24, 2.45) is 46.3 Å². The zero-order valence-electron chi connectivity index (χ0n) is 47.3. The number of unbranched alkanes of at least 4 members (excludes halogenated alkanes) is 12. The maximum absolute atomic E-state index is 13.3. The molecule has 0 radical (unpaired) electrons. The Morgan fingerprint density at radius 3 is 2.19 bits per heavy atom. The van der Waals surface area contributed by atoms with Crippen LogP contribution in [0.5, 0.6) is 0 Å². The highest BCUT2D eigenvalue weighted by atomic mass is 16.6. The highest BCUT2D eigenvalue weighted by molar-refractivity contribution is 5.82. The number of methoxy groups -OCH3 is 1. The Kier molecular flexibility index (Phi) is 27.6. The van der Waals surface area contributed by atoms with Crippen LogP contribution in [-0.4, -0.2) is 94.4 Å². The summed E-state index contributed by atoms with van der Waals surface area (Å²) in [5, 5.41) is 2.73. The molecule has 0 aromatic rings. The number of hydrogen-bond donors (Lipinski definition) is 1. The van der Waals surface area contributed by atoms with Gasteiger partial charge in [-0.25, -0.2) is 9.59 Å². The van der Waals surface area contributed by atoms with Gasteiger partial charge in [0.05, 0.1) is 26.4 Å². The summed E-state index contributed by atoms with van der Waals surface area (Å²) in [5.41, 5.74) is 2.06. The fraction of sp³-hybridized carbons (Fsp3) is 0.887. The van der Waals surface area contributed by atoms with Crippen molar-refractivity contribution in [1.82, 2.24) is 10.2 Å². The Balaban J connectivity index is 0.959. The van der Waals surface area contributed by atoms with Crippen LogP contribution in [0.3, 0.4) is 0 Å². The van der Waals surface area contributed by atoms with Gasteiger partial charge < -0.3 is 33.9 Å². The van der Waals surface area contributed by atoms with Crippen LogP contribution in [0.25, 0.3) is 0 Å². The lowest BCUT2D eigenvalue weighted by molar-refractivity contribution is -0.147. The summed E-state index contributed by atoms with van der Waals surface area (Å²) in [4.78, 5) is 41.5. The third-order valence-electron chi connectivity index (χ3n) is 18.7. The van der Waals surface area contributed by atoms with Crippen molar-refractivity contribution in [3.05, 3.63) is 23.8 Å². The summed E-state index contributed by atoms with van der Waals surface area (Å²) in [7, 11) is 1.29. The number of rotatable bonds is 35. The normalized spacial score (nSPS) is 27.6. The number of hydrogen-bond acceptors (Lipinski definition) is 9. The van der Waals surface area contributed by atoms with E-state index in [-0.39, 0.29) is 43.7 Å². The van der Waals surface area contributed by atoms with Crippen molar-refractivity contribution in [2.45, 2.75) is 252 Å². The first-order valence-corrected chi connectivity index (χ1v) is 30.3. The van der Waals surface area contributed by atoms with Crippen molar-refractivity contribution in [1.29, 1.82) is 0 Å². The molecule has 1 aliphatic heterocycles. The largest absolute Gasteiger partial charge is 0.467 e. The van der Waals surface area contributed by atoms with Gasteiger partial charge in [-0.1, -0.05) is 149 Å². The molecule has 10 heteroatoms. The summed E-state index contributed by atoms with van der Waals surface area (Å²) in [5.74, 6) is 3.61. The van der Waals surface area contributed by atoms with E-state index in [0.717, 1.165) is 87.9 Å². The Labute approximate surface area is 440 Å². The van der Waals surface area contributed by atoms with Gasteiger partial charge in [0, 0.05) is 26.0 Å². The zero-order valence-corrected chi connectivity index (χ0v) is 47.3. The highest BCUT2D eigenvalue weighted by Crippen LogP contribution is 2.67. The van der Waals surface area contributed by atoms with Crippen LogP contribution in [0.1, 0.15) is 234 Å². The monoisotopic (exact) mass is 1010 g/mol. The Morgan fingerprint density at radius 1 is 0.778 bits per heavy atom. The van der Waals surface area contributed by atoms with E-state index in [9.17, 15) is 14.4 Å². The molecule has 1 N–H and O–H groups in total. The van der Waals surface area contributed by atoms with Crippen LogP contribution in [0.15, 0.2) is 23.8 Å². The first kappa shape index (κ1) is 60.4. The lowest BCUT2D eigenvalue weighted by Crippen LogP contribution is -2.51. The van der Waals surface area contributed by atoms with Crippen LogP contribution in [0.2, 0.25) is 0 Å². The second-order valence-corrected chi connectivity index (χ2v) is 24.4. The van der Waals surface area contributed by atoms with Gasteiger partial charge in [0.25, 0.3) is 0 Å². The third-order valence-corrected chi connectivity index (χ3v) is 18.7. The minimum Gasteiger partial charge on any atom is -0.467 e. The summed E-state index contributed by atoms with van der Waals surface area (Å²) < 4.78 is 29.0. The Morgan fingerprint density at radius 2 is 1.49 bits per heavy atom. The number of ether oxygens (including phenoxy) is 5. The maximum Gasteiger partial charge on any atom is 0.408 e. The summed E-state index contributed by atoms with van der Waals surface area (Å²) in [6.07, 6.45) is 41.2. The molecule has 10 atom stereocenters. The molecule has 4 fully saturated rings. The number of piperidine rings is 1. The number of nitrogens with one attached hydrogen (secondary N) is 1. The highest BCUT2D eigenvalue weighted by Gasteiger charge is 2.59. The standard InChI is InChI=1S/C62H108N2O8/c1-8-9-10-11-12-13-14-15-16-17-18-19-20-21-22-26-42-69-47-52(46-64-40-24-23-25-41-64)70-43-44-71-58(65)35-34-57(59(66)68-7)63-60(67)72-51-36-38-61(5)50(45-51)30-31-53-55-33-32-54(49(4)29-27-28-48(2)3)62(55,6)39-37-56(53)61/h15-16,30,48-49,51-57H,8-14,17-29,31-47H2,1-7H3,(H,63,67)/t49-,51+,52?,53+,54-,55+,56+,57?,61+,62-/m1/s1. The van der Waals surface area contributed by atoms with Crippen molar-refractivity contribution >= 4 is 18.0 Å². The molecule has 4 aliphatic carbocycles. The van der Waals surface area contributed by atoms with E-state index in [2.05, 4.69) is 70.0 Å². The van der Waals surface area contributed by atoms with E-state index < -0.39 is 24.1 Å². The molecule has 0 aromatic carbocycles. The van der Waals surface area contributed by atoms with Crippen molar-refractivity contribution in [2.75, 3.05) is 53.2 Å². The van der Waals surface area contributed by atoms with Gasteiger partial charge in [0.1, 0.15) is 18.8 Å². The maximum atomic E-state index is 13.3. The van der Waals surface area contributed by atoms with Crippen molar-refractivity contribution in [3.8, 4) is 0 Å². The molecule has 0 spiro atoms. The molecular weight excluding hydrogens is 901 g/mol. The molecule has 1 heterocycles. The number of alkyl carbamates (subject to hydrolysis) is 1. The van der Waals surface area contributed by atoms with Crippen LogP contribution < -0.4 is 5.32 Å². The van der Waals surface area contributed by atoms with E-state index in [1.54, 1.807) is 0 Å². The number of esters is 2. The first-order valence-electron chi connectivity index (χ1n) is 30.3. The minimum atomic E-state index is -1.02. The summed E-state index contributed by atoms with van der Waals surface area (Å²) >= 11 is 0. The molecule has 5 aliphatic rings. The Hall–Kier alpha value is -2.43. The number of amides is 1. The lowest BCUT2D eigenvalue weighted by atomic mass is 9.47. The van der Waals surface area contributed by atoms with Gasteiger partial charge >= 0.3 is 18.0 Å². The molecule has 0 bridgehead atoms. The topological polar surface area (TPSA) is 113 Å². The molecule has 414 valence electrons. The number of carbonyl (C=O) groups is 3. The number of allylic oxidation sites excluding steroid dienone is 3. The molecule has 2 unspecified atom stereocenters. The van der Waals surface area contributed by atoms with Gasteiger partial charge in [-0.3, -0.25) is 4.79 Å². The van der Waals surface area contributed by atoms with Gasteiger partial charge in [0.2, 0.25) is 0 Å². The smallest absolute Gasteiger partial charge is 0.408 e. The molecule has 5 rings (SSSR count). The average molecular weight is 1010 g/mol. The van der Waals surface area contributed by atoms with Gasteiger partial charge in [-0.05, 0) is 156 Å². The SMILES string of the molecule is CCCCCCCCC=CCCCCCCCCOCC(CN1CCCCC1)OCCOC(=O)CCC(NC(=O)O[C@H]1CC[C@@]2(C)C(=CC[C@H]3[C@@H]4CC[C@H]([C@H](C)CCCC(C)C)[C@@]4(C)CC[C@@H]32)C1)C(=O)OC. The molecule has 1 saturated heterocycles. The van der Waals surface area contributed by atoms with E-state index >= 15 is 0 Å².